The lowest BCUT2D eigenvalue weighted by Crippen LogP contribution is -2.06. The molecular weight excluding hydrogens is 589 g/mol. The number of benzene rings is 6. The number of fused-ring (bicyclic) bond motifs is 11. The molecule has 0 spiro atoms. The monoisotopic (exact) mass is 610 g/mol. The minimum absolute atomic E-state index is 0.612. The minimum atomic E-state index is 0.612. The Bertz CT molecular complexity index is 2570. The maximum atomic E-state index is 5.18. The fourth-order valence-corrected chi connectivity index (χ4v) is 8.96. The van der Waals surface area contributed by atoms with Crippen LogP contribution in [0.15, 0.2) is 133 Å². The summed E-state index contributed by atoms with van der Waals surface area (Å²) in [6, 6.07) is 46.9. The number of nitrogens with zero attached hydrogens (tertiary/aromatic N) is 4. The van der Waals surface area contributed by atoms with Crippen molar-refractivity contribution in [2.75, 3.05) is 0 Å². The normalized spacial score (nSPS) is 12.0. The van der Waals surface area contributed by atoms with Crippen LogP contribution in [0.25, 0.3) is 90.9 Å². The average molecular weight is 611 g/mol. The molecule has 0 saturated carbocycles. The third-order valence-corrected chi connectivity index (χ3v) is 10.9. The van der Waals surface area contributed by atoms with E-state index in [4.69, 9.17) is 15.0 Å². The van der Waals surface area contributed by atoms with E-state index < -0.39 is 0 Å². The Balaban J connectivity index is 1.42. The topological polar surface area (TPSA) is 43.6 Å². The summed E-state index contributed by atoms with van der Waals surface area (Å²) in [7, 11) is 0. The summed E-state index contributed by atoms with van der Waals surface area (Å²) in [6.07, 6.45) is 0. The molecule has 0 aliphatic heterocycles. The summed E-state index contributed by atoms with van der Waals surface area (Å²) in [6.45, 7) is 0. The zero-order valence-corrected chi connectivity index (χ0v) is 25.4. The number of hydrogen-bond acceptors (Lipinski definition) is 5. The van der Waals surface area contributed by atoms with E-state index in [1.807, 2.05) is 59.1 Å². The van der Waals surface area contributed by atoms with E-state index in [1.165, 1.54) is 51.1 Å². The van der Waals surface area contributed by atoms with Gasteiger partial charge in [0.15, 0.2) is 11.6 Å². The SMILES string of the molecule is c1ccc(-c2nc(-c3ccccc3)nc(-n3c4ccc5sc6ccccc6c5c4c4c5c(ccc43)sc3ccccc35)n2)cc1. The van der Waals surface area contributed by atoms with Gasteiger partial charge < -0.3 is 0 Å². The first kappa shape index (κ1) is 25.0. The molecule has 0 saturated heterocycles. The van der Waals surface area contributed by atoms with Crippen LogP contribution in [0.3, 0.4) is 0 Å². The Kier molecular flexibility index (Phi) is 5.29. The molecule has 0 N–H and O–H groups in total. The molecule has 0 radical (unpaired) electrons. The molecule has 0 bridgehead atoms. The van der Waals surface area contributed by atoms with Gasteiger partial charge >= 0.3 is 0 Å². The maximum absolute atomic E-state index is 5.18. The predicted molar refractivity (Wildman–Crippen MR) is 191 cm³/mol. The number of aromatic nitrogens is 4. The third kappa shape index (κ3) is 3.67. The molecule has 6 heteroatoms. The molecule has 4 aromatic heterocycles. The van der Waals surface area contributed by atoms with Gasteiger partial charge in [-0.25, -0.2) is 4.98 Å². The van der Waals surface area contributed by atoms with Gasteiger partial charge in [0.1, 0.15) is 0 Å². The Morgan fingerprint density at radius 3 is 1.31 bits per heavy atom. The van der Waals surface area contributed by atoms with Crippen molar-refractivity contribution in [1.82, 2.24) is 19.5 Å². The van der Waals surface area contributed by atoms with Crippen molar-refractivity contribution < 1.29 is 0 Å². The maximum Gasteiger partial charge on any atom is 0.238 e. The van der Waals surface area contributed by atoms with Crippen LogP contribution in [0.2, 0.25) is 0 Å². The van der Waals surface area contributed by atoms with Gasteiger partial charge in [0.2, 0.25) is 5.95 Å². The zero-order chi connectivity index (χ0) is 29.5. The van der Waals surface area contributed by atoms with Crippen LogP contribution >= 0.6 is 22.7 Å². The quantitative estimate of drug-likeness (QED) is 0.200. The predicted octanol–water partition coefficient (Wildman–Crippen LogP) is 11.0. The van der Waals surface area contributed by atoms with Gasteiger partial charge in [-0.15, -0.1) is 22.7 Å². The van der Waals surface area contributed by atoms with Crippen LogP contribution in [-0.2, 0) is 0 Å². The molecule has 0 aliphatic rings. The molecule has 210 valence electrons. The minimum Gasteiger partial charge on any atom is -0.278 e. The lowest BCUT2D eigenvalue weighted by atomic mass is 10.0. The van der Waals surface area contributed by atoms with Crippen LogP contribution in [0.5, 0.6) is 0 Å². The Morgan fingerprint density at radius 2 is 0.822 bits per heavy atom. The second-order valence-electron chi connectivity index (χ2n) is 11.2. The highest BCUT2D eigenvalue weighted by molar-refractivity contribution is 7.26. The van der Waals surface area contributed by atoms with Crippen molar-refractivity contribution >= 4 is 84.8 Å². The van der Waals surface area contributed by atoms with Gasteiger partial charge in [-0.3, -0.25) is 4.57 Å². The molecular formula is C39H22N4S2. The highest BCUT2D eigenvalue weighted by Gasteiger charge is 2.23. The average Bonchev–Trinajstić information content (AvgIpc) is 3.78. The molecule has 10 rings (SSSR count). The largest absolute Gasteiger partial charge is 0.278 e. The summed E-state index contributed by atoms with van der Waals surface area (Å²) >= 11 is 3.71. The summed E-state index contributed by atoms with van der Waals surface area (Å²) in [5.74, 6) is 1.91. The molecule has 45 heavy (non-hydrogen) atoms. The molecule has 4 nitrogen and oxygen atoms in total. The van der Waals surface area contributed by atoms with E-state index in [0.717, 1.165) is 22.2 Å². The Hall–Kier alpha value is -5.43. The number of rotatable bonds is 3. The van der Waals surface area contributed by atoms with Crippen LogP contribution in [0.1, 0.15) is 0 Å². The molecule has 4 heterocycles. The second-order valence-corrected chi connectivity index (χ2v) is 13.4. The molecule has 0 fully saturated rings. The zero-order valence-electron chi connectivity index (χ0n) is 23.8. The van der Waals surface area contributed by atoms with E-state index in [0.29, 0.717) is 17.6 Å². The van der Waals surface area contributed by atoms with Crippen molar-refractivity contribution in [1.29, 1.82) is 0 Å². The fourth-order valence-electron chi connectivity index (χ4n) is 6.73. The van der Waals surface area contributed by atoms with Crippen LogP contribution in [-0.4, -0.2) is 19.5 Å². The number of thiophene rings is 2. The molecule has 0 aliphatic carbocycles. The van der Waals surface area contributed by atoms with E-state index in [1.54, 1.807) is 0 Å². The first-order chi connectivity index (χ1) is 22.3. The van der Waals surface area contributed by atoms with E-state index >= 15 is 0 Å². The highest BCUT2D eigenvalue weighted by Crippen LogP contribution is 2.47. The lowest BCUT2D eigenvalue weighted by molar-refractivity contribution is 0.954. The Labute approximate surface area is 265 Å². The van der Waals surface area contributed by atoms with Gasteiger partial charge in [-0.2, -0.15) is 9.97 Å². The molecule has 0 amide bonds. The van der Waals surface area contributed by atoms with Crippen molar-refractivity contribution in [3.63, 3.8) is 0 Å². The van der Waals surface area contributed by atoms with Gasteiger partial charge in [-0.05, 0) is 36.4 Å². The third-order valence-electron chi connectivity index (χ3n) is 8.66. The van der Waals surface area contributed by atoms with Gasteiger partial charge in [0, 0.05) is 62.2 Å². The molecule has 0 atom stereocenters. The summed E-state index contributed by atoms with van der Waals surface area (Å²) in [4.78, 5) is 15.3. The smallest absolute Gasteiger partial charge is 0.238 e. The number of hydrogen-bond donors (Lipinski definition) is 0. The molecule has 0 unspecified atom stereocenters. The van der Waals surface area contributed by atoms with Crippen LogP contribution < -0.4 is 0 Å². The highest BCUT2D eigenvalue weighted by atomic mass is 32.1. The summed E-state index contributed by atoms with van der Waals surface area (Å²) < 4.78 is 7.40. The molecule has 6 aromatic carbocycles. The lowest BCUT2D eigenvalue weighted by Gasteiger charge is -2.11. The van der Waals surface area contributed by atoms with E-state index in [2.05, 4.69) is 102 Å². The van der Waals surface area contributed by atoms with Gasteiger partial charge in [0.25, 0.3) is 0 Å². The fraction of sp³-hybridized carbons (Fsp3) is 0. The summed E-state index contributed by atoms with van der Waals surface area (Å²) in [5.41, 5.74) is 4.09. The standard InChI is InChI=1S/C39H22N4S2/c1-3-11-23(12-4-1)37-40-38(24-13-5-2-6-14-24)42-39(41-37)43-27-19-21-31-33(25-15-7-9-17-29(25)44-31)35(27)36-28(43)20-22-32-34(36)26-16-8-10-18-30(26)45-32/h1-22H. The first-order valence-electron chi connectivity index (χ1n) is 14.9. The van der Waals surface area contributed by atoms with Gasteiger partial charge in [0.05, 0.1) is 11.0 Å². The van der Waals surface area contributed by atoms with Crippen LogP contribution in [0, 0.1) is 0 Å². The second kappa shape index (κ2) is 9.53. The first-order valence-corrected chi connectivity index (χ1v) is 16.5. The van der Waals surface area contributed by atoms with Crippen molar-refractivity contribution in [3.05, 3.63) is 133 Å². The van der Waals surface area contributed by atoms with E-state index in [9.17, 15) is 0 Å². The van der Waals surface area contributed by atoms with Crippen molar-refractivity contribution in [2.45, 2.75) is 0 Å². The van der Waals surface area contributed by atoms with Gasteiger partial charge in [-0.1, -0.05) is 97.1 Å². The Morgan fingerprint density at radius 1 is 0.378 bits per heavy atom. The summed E-state index contributed by atoms with van der Waals surface area (Å²) in [5, 5.41) is 7.64. The molecule has 10 aromatic rings. The van der Waals surface area contributed by atoms with E-state index in [-0.39, 0.29) is 0 Å². The van der Waals surface area contributed by atoms with Crippen molar-refractivity contribution in [3.8, 4) is 28.7 Å². The van der Waals surface area contributed by atoms with Crippen LogP contribution in [0.4, 0.5) is 0 Å². The van der Waals surface area contributed by atoms with Crippen molar-refractivity contribution in [2.24, 2.45) is 0 Å².